The highest BCUT2D eigenvalue weighted by atomic mass is 127. The first kappa shape index (κ1) is 18.9. The van der Waals surface area contributed by atoms with Gasteiger partial charge in [-0.25, -0.2) is 4.39 Å². The van der Waals surface area contributed by atoms with Crippen LogP contribution in [-0.2, 0) is 0 Å². The second kappa shape index (κ2) is 10.7. The van der Waals surface area contributed by atoms with Gasteiger partial charge >= 0.3 is 0 Å². The van der Waals surface area contributed by atoms with E-state index >= 15 is 0 Å². The number of benzene rings is 1. The molecule has 0 aliphatic heterocycles. The number of hydrogen-bond acceptors (Lipinski definition) is 2. The minimum atomic E-state index is -0.228. The highest BCUT2D eigenvalue weighted by molar-refractivity contribution is 14.0. The van der Waals surface area contributed by atoms with Crippen molar-refractivity contribution in [2.75, 3.05) is 31.5 Å². The fraction of sp³-hybridized carbons (Fsp3) is 0.500. The maximum Gasteiger partial charge on any atom is 0.191 e. The van der Waals surface area contributed by atoms with E-state index in [1.54, 1.807) is 6.07 Å². The molecule has 0 aromatic heterocycles. The van der Waals surface area contributed by atoms with E-state index in [0.29, 0.717) is 12.5 Å². The van der Waals surface area contributed by atoms with Crippen molar-refractivity contribution in [2.24, 2.45) is 10.7 Å². The fourth-order valence-electron chi connectivity index (χ4n) is 1.75. The number of hydrogen-bond donors (Lipinski definition) is 2. The van der Waals surface area contributed by atoms with Crippen LogP contribution in [0.15, 0.2) is 29.3 Å². The minimum Gasteiger partial charge on any atom is -0.385 e. The van der Waals surface area contributed by atoms with Crippen molar-refractivity contribution < 1.29 is 4.39 Å². The number of nitrogens with two attached hydrogens (primary N) is 1. The number of guanidine groups is 1. The molecule has 0 radical (unpaired) electrons. The summed E-state index contributed by atoms with van der Waals surface area (Å²) in [5, 5.41) is 3.15. The number of nitrogens with one attached hydrogen (secondary N) is 1. The van der Waals surface area contributed by atoms with E-state index in [9.17, 15) is 4.39 Å². The summed E-state index contributed by atoms with van der Waals surface area (Å²) in [7, 11) is 0. The van der Waals surface area contributed by atoms with Gasteiger partial charge in [0.25, 0.3) is 0 Å². The first-order chi connectivity index (χ1) is 9.17. The molecule has 0 unspecified atom stereocenters. The zero-order valence-corrected chi connectivity index (χ0v) is 14.4. The van der Waals surface area contributed by atoms with Gasteiger partial charge in [0, 0.05) is 31.9 Å². The van der Waals surface area contributed by atoms with Gasteiger partial charge in [0.1, 0.15) is 5.82 Å². The summed E-state index contributed by atoms with van der Waals surface area (Å²) in [6, 6.07) is 6.44. The van der Waals surface area contributed by atoms with Crippen molar-refractivity contribution in [1.29, 1.82) is 0 Å². The van der Waals surface area contributed by atoms with E-state index in [1.165, 1.54) is 12.1 Å². The molecule has 1 rings (SSSR count). The van der Waals surface area contributed by atoms with Crippen LogP contribution < -0.4 is 11.1 Å². The van der Waals surface area contributed by atoms with Crippen molar-refractivity contribution in [1.82, 2.24) is 4.90 Å². The Balaban J connectivity index is 0.00000361. The lowest BCUT2D eigenvalue weighted by molar-refractivity contribution is 0.458. The van der Waals surface area contributed by atoms with E-state index in [2.05, 4.69) is 24.2 Å². The van der Waals surface area contributed by atoms with Crippen LogP contribution in [0.25, 0.3) is 0 Å². The first-order valence-corrected chi connectivity index (χ1v) is 6.71. The van der Waals surface area contributed by atoms with Gasteiger partial charge in [-0.2, -0.15) is 0 Å². The molecule has 1 aromatic rings. The Morgan fingerprint density at radius 1 is 1.35 bits per heavy atom. The second-order valence-electron chi connectivity index (χ2n) is 4.20. The molecule has 0 atom stereocenters. The van der Waals surface area contributed by atoms with Gasteiger partial charge in [-0.15, -0.1) is 24.0 Å². The monoisotopic (exact) mass is 394 g/mol. The number of aliphatic imine (C=N–C) groups is 1. The van der Waals surface area contributed by atoms with Crippen LogP contribution >= 0.6 is 24.0 Å². The third kappa shape index (κ3) is 6.93. The zero-order valence-electron chi connectivity index (χ0n) is 12.1. The molecular formula is C14H24FIN4. The Morgan fingerprint density at radius 2 is 2.05 bits per heavy atom. The molecule has 114 valence electrons. The van der Waals surface area contributed by atoms with Crippen molar-refractivity contribution >= 4 is 35.6 Å². The van der Waals surface area contributed by atoms with Crippen molar-refractivity contribution in [3.63, 3.8) is 0 Å². The largest absolute Gasteiger partial charge is 0.385 e. The molecule has 3 N–H and O–H groups in total. The maximum absolute atomic E-state index is 12.9. The van der Waals surface area contributed by atoms with Crippen LogP contribution in [0.4, 0.5) is 10.1 Å². The third-order valence-electron chi connectivity index (χ3n) is 2.85. The average molecular weight is 394 g/mol. The summed E-state index contributed by atoms with van der Waals surface area (Å²) >= 11 is 0. The predicted octanol–water partition coefficient (Wildman–Crippen LogP) is 2.90. The number of nitrogens with zero attached hydrogens (tertiary/aromatic N) is 2. The van der Waals surface area contributed by atoms with E-state index in [-0.39, 0.29) is 29.8 Å². The lowest BCUT2D eigenvalue weighted by Gasteiger charge is -2.19. The Labute approximate surface area is 137 Å². The average Bonchev–Trinajstić information content (AvgIpc) is 2.40. The van der Waals surface area contributed by atoms with Crippen LogP contribution in [-0.4, -0.2) is 37.0 Å². The number of rotatable bonds is 7. The van der Waals surface area contributed by atoms with Gasteiger partial charge in [-0.3, -0.25) is 4.99 Å². The molecule has 6 heteroatoms. The number of anilines is 1. The Hall–Kier alpha value is -1.05. The van der Waals surface area contributed by atoms with Gasteiger partial charge in [0.15, 0.2) is 5.96 Å². The Bertz CT molecular complexity index is 408. The van der Waals surface area contributed by atoms with E-state index < -0.39 is 0 Å². The van der Waals surface area contributed by atoms with Crippen LogP contribution in [0.3, 0.4) is 0 Å². The summed E-state index contributed by atoms with van der Waals surface area (Å²) < 4.78 is 12.9. The minimum absolute atomic E-state index is 0. The summed E-state index contributed by atoms with van der Waals surface area (Å²) in [6.45, 7) is 7.26. The molecule has 20 heavy (non-hydrogen) atoms. The predicted molar refractivity (Wildman–Crippen MR) is 94.3 cm³/mol. The molecule has 0 heterocycles. The topological polar surface area (TPSA) is 53.6 Å². The van der Waals surface area contributed by atoms with Gasteiger partial charge in [-0.05, 0) is 38.5 Å². The lowest BCUT2D eigenvalue weighted by atomic mass is 10.3. The summed E-state index contributed by atoms with van der Waals surface area (Å²) in [5.74, 6) is 0.365. The smallest absolute Gasteiger partial charge is 0.191 e. The quantitative estimate of drug-likeness (QED) is 0.324. The van der Waals surface area contributed by atoms with Crippen LogP contribution in [0.5, 0.6) is 0 Å². The molecule has 0 saturated carbocycles. The summed E-state index contributed by atoms with van der Waals surface area (Å²) in [6.07, 6.45) is 0.860. The fourth-order valence-corrected chi connectivity index (χ4v) is 1.75. The normalized spacial score (nSPS) is 10.8. The highest BCUT2D eigenvalue weighted by Gasteiger charge is 2.00. The number of halogens is 2. The van der Waals surface area contributed by atoms with Crippen LogP contribution in [0, 0.1) is 5.82 Å². The molecule has 0 bridgehead atoms. The molecule has 0 aliphatic carbocycles. The van der Waals surface area contributed by atoms with Gasteiger partial charge in [0.2, 0.25) is 0 Å². The SMILES string of the molecule is CCN(CC)C(N)=NCCCNc1cccc(F)c1.I. The molecule has 1 aromatic carbocycles. The van der Waals surface area contributed by atoms with E-state index in [1.807, 2.05) is 11.0 Å². The van der Waals surface area contributed by atoms with E-state index in [0.717, 1.165) is 31.7 Å². The maximum atomic E-state index is 12.9. The van der Waals surface area contributed by atoms with Gasteiger partial charge in [0.05, 0.1) is 0 Å². The highest BCUT2D eigenvalue weighted by Crippen LogP contribution is 2.08. The first-order valence-electron chi connectivity index (χ1n) is 6.71. The van der Waals surface area contributed by atoms with Crippen molar-refractivity contribution in [3.05, 3.63) is 30.1 Å². The standard InChI is InChI=1S/C14H23FN4.HI/c1-3-19(4-2)14(16)18-10-6-9-17-13-8-5-7-12(15)11-13;/h5,7-8,11,17H,3-4,6,9-10H2,1-2H3,(H2,16,18);1H. The Kier molecular flexibility index (Phi) is 10.1. The Morgan fingerprint density at radius 3 is 2.65 bits per heavy atom. The molecule has 4 nitrogen and oxygen atoms in total. The zero-order chi connectivity index (χ0) is 14.1. The molecule has 0 aliphatic rings. The van der Waals surface area contributed by atoms with Gasteiger partial charge in [-0.1, -0.05) is 6.07 Å². The third-order valence-corrected chi connectivity index (χ3v) is 2.85. The van der Waals surface area contributed by atoms with E-state index in [4.69, 9.17) is 5.73 Å². The molecule has 0 fully saturated rings. The van der Waals surface area contributed by atoms with Crippen molar-refractivity contribution in [2.45, 2.75) is 20.3 Å². The lowest BCUT2D eigenvalue weighted by Crippen LogP contribution is -2.37. The van der Waals surface area contributed by atoms with Crippen molar-refractivity contribution in [3.8, 4) is 0 Å². The van der Waals surface area contributed by atoms with Crippen LogP contribution in [0.1, 0.15) is 20.3 Å². The molecule has 0 saturated heterocycles. The molecule has 0 spiro atoms. The summed E-state index contributed by atoms with van der Waals surface area (Å²) in [5.41, 5.74) is 6.65. The molecule has 0 amide bonds. The second-order valence-corrected chi connectivity index (χ2v) is 4.20. The molecular weight excluding hydrogens is 370 g/mol. The van der Waals surface area contributed by atoms with Gasteiger partial charge < -0.3 is 16.0 Å². The van der Waals surface area contributed by atoms with Crippen LogP contribution in [0.2, 0.25) is 0 Å². The summed E-state index contributed by atoms with van der Waals surface area (Å²) in [4.78, 5) is 6.34.